The van der Waals surface area contributed by atoms with Crippen molar-refractivity contribution in [3.63, 3.8) is 0 Å². The van der Waals surface area contributed by atoms with Gasteiger partial charge in [0, 0.05) is 23.4 Å². The Balaban J connectivity index is 1.83. The Hall–Kier alpha value is -3.80. The number of hydrogen-bond acceptors (Lipinski definition) is 4. The molecule has 0 spiro atoms. The van der Waals surface area contributed by atoms with Gasteiger partial charge >= 0.3 is 0 Å². The summed E-state index contributed by atoms with van der Waals surface area (Å²) in [6.07, 6.45) is 2.97. The zero-order chi connectivity index (χ0) is 19.9. The molecular formula is C22H20N2O4. The van der Waals surface area contributed by atoms with E-state index in [2.05, 4.69) is 10.6 Å². The summed E-state index contributed by atoms with van der Waals surface area (Å²) in [4.78, 5) is 25.4. The molecular weight excluding hydrogens is 356 g/mol. The van der Waals surface area contributed by atoms with E-state index in [0.717, 1.165) is 5.56 Å². The van der Waals surface area contributed by atoms with Gasteiger partial charge in [0.05, 0.1) is 13.4 Å². The van der Waals surface area contributed by atoms with E-state index in [1.807, 2.05) is 19.1 Å². The predicted molar refractivity (Wildman–Crippen MR) is 107 cm³/mol. The normalized spacial score (nSPS) is 11.0. The average molecular weight is 376 g/mol. The van der Waals surface area contributed by atoms with Crippen LogP contribution in [0, 0.1) is 6.92 Å². The Kier molecular flexibility index (Phi) is 5.91. The van der Waals surface area contributed by atoms with Gasteiger partial charge in [-0.05, 0) is 43.3 Å². The summed E-state index contributed by atoms with van der Waals surface area (Å²) >= 11 is 0. The van der Waals surface area contributed by atoms with Crippen molar-refractivity contribution in [1.82, 2.24) is 5.32 Å². The van der Waals surface area contributed by atoms with Gasteiger partial charge in [-0.2, -0.15) is 0 Å². The maximum Gasteiger partial charge on any atom is 0.272 e. The number of amides is 2. The highest BCUT2D eigenvalue weighted by atomic mass is 16.5. The molecule has 6 heteroatoms. The largest absolute Gasteiger partial charge is 0.497 e. The number of rotatable bonds is 6. The molecule has 0 unspecified atom stereocenters. The van der Waals surface area contributed by atoms with E-state index in [0.29, 0.717) is 22.8 Å². The summed E-state index contributed by atoms with van der Waals surface area (Å²) in [6.45, 7) is 1.94. The molecule has 0 radical (unpaired) electrons. The van der Waals surface area contributed by atoms with Crippen LogP contribution in [0.5, 0.6) is 5.75 Å². The van der Waals surface area contributed by atoms with Crippen LogP contribution >= 0.6 is 0 Å². The molecule has 2 N–H and O–H groups in total. The summed E-state index contributed by atoms with van der Waals surface area (Å²) in [5.74, 6) is 0.182. The maximum absolute atomic E-state index is 12.8. The summed E-state index contributed by atoms with van der Waals surface area (Å²) in [6, 6.07) is 17.4. The Labute approximate surface area is 162 Å². The molecule has 0 fully saturated rings. The number of anilines is 1. The minimum Gasteiger partial charge on any atom is -0.497 e. The number of methoxy groups -OCH3 is 1. The van der Waals surface area contributed by atoms with Crippen LogP contribution < -0.4 is 15.4 Å². The molecule has 2 aromatic carbocycles. The molecule has 28 heavy (non-hydrogen) atoms. The van der Waals surface area contributed by atoms with Crippen LogP contribution in [-0.4, -0.2) is 18.9 Å². The van der Waals surface area contributed by atoms with Gasteiger partial charge in [-0.15, -0.1) is 0 Å². The number of furan rings is 1. The van der Waals surface area contributed by atoms with Crippen molar-refractivity contribution in [2.24, 2.45) is 0 Å². The Bertz CT molecular complexity index is 990. The molecule has 0 saturated heterocycles. The number of ether oxygens (including phenoxy) is 1. The third-order valence-electron chi connectivity index (χ3n) is 3.96. The summed E-state index contributed by atoms with van der Waals surface area (Å²) in [5, 5.41) is 5.41. The molecule has 1 aromatic heterocycles. The van der Waals surface area contributed by atoms with Gasteiger partial charge in [0.2, 0.25) is 0 Å². The van der Waals surface area contributed by atoms with E-state index in [1.54, 1.807) is 55.6 Å². The lowest BCUT2D eigenvalue weighted by molar-refractivity contribution is -0.113. The van der Waals surface area contributed by atoms with E-state index < -0.39 is 11.8 Å². The molecule has 6 nitrogen and oxygen atoms in total. The first-order chi connectivity index (χ1) is 13.5. The number of aryl methyl sites for hydroxylation is 1. The fraction of sp³-hybridized carbons (Fsp3) is 0.0909. The average Bonchev–Trinajstić information content (AvgIpc) is 3.21. The Morgan fingerprint density at radius 3 is 2.50 bits per heavy atom. The van der Waals surface area contributed by atoms with Gasteiger partial charge in [-0.25, -0.2) is 0 Å². The lowest BCUT2D eigenvalue weighted by Crippen LogP contribution is -2.30. The van der Waals surface area contributed by atoms with Crippen molar-refractivity contribution in [3.8, 4) is 5.75 Å². The first-order valence-corrected chi connectivity index (χ1v) is 8.64. The monoisotopic (exact) mass is 376 g/mol. The summed E-state index contributed by atoms with van der Waals surface area (Å²) in [7, 11) is 1.55. The molecule has 0 aliphatic carbocycles. The van der Waals surface area contributed by atoms with Crippen molar-refractivity contribution in [2.45, 2.75) is 6.92 Å². The quantitative estimate of drug-likeness (QED) is 0.637. The zero-order valence-electron chi connectivity index (χ0n) is 15.6. The molecule has 0 bridgehead atoms. The standard InChI is InChI=1S/C22H20N2O4/c1-15-8-10-16(11-9-15)21(25)24-20(14-19-7-4-12-28-19)22(26)23-17-5-3-6-18(13-17)27-2/h3-14H,1-2H3,(H,23,26)(H,24,25)/b20-14-. The smallest absolute Gasteiger partial charge is 0.272 e. The van der Waals surface area contributed by atoms with Gasteiger partial charge in [0.1, 0.15) is 17.2 Å². The number of carbonyl (C=O) groups excluding carboxylic acids is 2. The minimum atomic E-state index is -0.481. The second kappa shape index (κ2) is 8.73. The van der Waals surface area contributed by atoms with Crippen molar-refractivity contribution in [3.05, 3.63) is 89.5 Å². The van der Waals surface area contributed by atoms with E-state index in [9.17, 15) is 9.59 Å². The van der Waals surface area contributed by atoms with Gasteiger partial charge in [-0.3, -0.25) is 9.59 Å². The second-order valence-corrected chi connectivity index (χ2v) is 6.08. The van der Waals surface area contributed by atoms with Crippen molar-refractivity contribution < 1.29 is 18.7 Å². The van der Waals surface area contributed by atoms with E-state index in [-0.39, 0.29) is 5.70 Å². The third kappa shape index (κ3) is 4.88. The zero-order valence-corrected chi connectivity index (χ0v) is 15.6. The van der Waals surface area contributed by atoms with Gasteiger partial charge in [0.25, 0.3) is 11.8 Å². The molecule has 142 valence electrons. The third-order valence-corrected chi connectivity index (χ3v) is 3.96. The van der Waals surface area contributed by atoms with Crippen LogP contribution in [0.1, 0.15) is 21.7 Å². The molecule has 0 aliphatic rings. The van der Waals surface area contributed by atoms with E-state index in [1.165, 1.54) is 12.3 Å². The van der Waals surface area contributed by atoms with Crippen LogP contribution in [0.2, 0.25) is 0 Å². The SMILES string of the molecule is COc1cccc(NC(=O)/C(=C/c2ccco2)NC(=O)c2ccc(C)cc2)c1. The Morgan fingerprint density at radius 2 is 1.82 bits per heavy atom. The molecule has 0 aliphatic heterocycles. The molecule has 0 atom stereocenters. The summed E-state index contributed by atoms with van der Waals surface area (Å²) in [5.41, 5.74) is 2.09. The minimum absolute atomic E-state index is 0.0587. The first-order valence-electron chi connectivity index (χ1n) is 8.64. The number of hydrogen-bond donors (Lipinski definition) is 2. The number of benzene rings is 2. The topological polar surface area (TPSA) is 80.6 Å². The molecule has 3 rings (SSSR count). The van der Waals surface area contributed by atoms with Crippen molar-refractivity contribution in [1.29, 1.82) is 0 Å². The molecule has 2 amide bonds. The van der Waals surface area contributed by atoms with E-state index >= 15 is 0 Å². The highest BCUT2D eigenvalue weighted by molar-refractivity contribution is 6.10. The fourth-order valence-corrected chi connectivity index (χ4v) is 2.47. The van der Waals surface area contributed by atoms with Gasteiger partial charge in [0.15, 0.2) is 0 Å². The van der Waals surface area contributed by atoms with Crippen LogP contribution in [0.15, 0.2) is 77.0 Å². The van der Waals surface area contributed by atoms with Gasteiger partial charge < -0.3 is 19.8 Å². The number of carbonyl (C=O) groups is 2. The molecule has 1 heterocycles. The molecule has 0 saturated carbocycles. The van der Waals surface area contributed by atoms with Crippen molar-refractivity contribution in [2.75, 3.05) is 12.4 Å². The lowest BCUT2D eigenvalue weighted by atomic mass is 10.1. The van der Waals surface area contributed by atoms with Crippen LogP contribution in [0.4, 0.5) is 5.69 Å². The van der Waals surface area contributed by atoms with Crippen molar-refractivity contribution >= 4 is 23.6 Å². The Morgan fingerprint density at radius 1 is 1.04 bits per heavy atom. The van der Waals surface area contributed by atoms with Crippen LogP contribution in [0.3, 0.4) is 0 Å². The van der Waals surface area contributed by atoms with E-state index in [4.69, 9.17) is 9.15 Å². The second-order valence-electron chi connectivity index (χ2n) is 6.08. The predicted octanol–water partition coefficient (Wildman–Crippen LogP) is 4.01. The molecule has 3 aromatic rings. The first kappa shape index (κ1) is 19.0. The van der Waals surface area contributed by atoms with Gasteiger partial charge in [-0.1, -0.05) is 23.8 Å². The number of nitrogens with one attached hydrogen (secondary N) is 2. The fourth-order valence-electron chi connectivity index (χ4n) is 2.47. The highest BCUT2D eigenvalue weighted by Gasteiger charge is 2.16. The van der Waals surface area contributed by atoms with Crippen LogP contribution in [-0.2, 0) is 4.79 Å². The lowest BCUT2D eigenvalue weighted by Gasteiger charge is -2.11. The maximum atomic E-state index is 12.8. The van der Waals surface area contributed by atoms with Crippen LogP contribution in [0.25, 0.3) is 6.08 Å². The summed E-state index contributed by atoms with van der Waals surface area (Å²) < 4.78 is 10.4. The highest BCUT2D eigenvalue weighted by Crippen LogP contribution is 2.18.